The highest BCUT2D eigenvalue weighted by Gasteiger charge is 2.42. The van der Waals surface area contributed by atoms with Crippen molar-refractivity contribution in [2.45, 2.75) is 114 Å². The SMILES string of the molecule is CCOC(=O)[C@@H](Cc1cc(O[Si](C)(C)C(C)(C)C)ccc1OCc1ccnc(-c2ccccc2OC)n1)Oc1ncnc2sc(C3CC3)c(-c3ccc(O[C@H](COC(c4ccccc4)(c4ccc(OC)cc4)c4ccc(OC)cc4)COS(=O)(=O)c4ccc(C)cc4)c(Cl)c3C)c12. The molecule has 0 unspecified atom stereocenters. The van der Waals surface area contributed by atoms with Crippen molar-refractivity contribution in [1.82, 2.24) is 19.9 Å². The van der Waals surface area contributed by atoms with Crippen LogP contribution in [0, 0.1) is 13.8 Å². The number of carbonyl (C=O) groups is 1. The molecule has 0 N–H and O–H groups in total. The van der Waals surface area contributed by atoms with Gasteiger partial charge >= 0.3 is 5.97 Å². The van der Waals surface area contributed by atoms with E-state index in [0.717, 1.165) is 56.7 Å². The number of carbonyl (C=O) groups excluding carboxylic acids is 1. The second-order valence-electron chi connectivity index (χ2n) is 25.2. The summed E-state index contributed by atoms with van der Waals surface area (Å²) in [6, 6.07) is 50.0. The van der Waals surface area contributed by atoms with Gasteiger partial charge in [-0.3, -0.25) is 4.18 Å². The van der Waals surface area contributed by atoms with E-state index >= 15 is 0 Å². The number of hydrogen-bond acceptors (Lipinski definition) is 18. The number of nitrogens with zero attached hydrogens (tertiary/aromatic N) is 4. The highest BCUT2D eigenvalue weighted by molar-refractivity contribution is 7.86. The standard InChI is InChI=1S/C76H79ClN4O13S2Si/c1-12-88-74(82)66(43-51-42-58(94-97(10,11)75(4,5)6)34-38-63(51)89-44-55-40-41-78-71(81-55)62-20-16-17-21-64(62)87-9)93-72-68-67(70(50-24-25-50)95-73(68)80-47-79-72)61-37-39-65(69(77)49(61)3)92-59(46-91-96(83,84)60-35-22-48(2)23-36-60)45-90-76(52-18-14-13-15-19-52,53-26-30-56(85-7)31-27-53)54-28-32-57(86-8)33-29-54/h13-23,26-42,47,50,59,66H,12,24-25,43-46H2,1-11H3/t59-,66-/m1/s1. The maximum absolute atomic E-state index is 14.5. The monoisotopic (exact) mass is 1380 g/mol. The van der Waals surface area contributed by atoms with Crippen molar-refractivity contribution in [1.29, 1.82) is 0 Å². The minimum atomic E-state index is -4.32. The van der Waals surface area contributed by atoms with Crippen molar-refractivity contribution in [3.63, 3.8) is 0 Å². The highest BCUT2D eigenvalue weighted by atomic mass is 35.5. The van der Waals surface area contributed by atoms with Crippen LogP contribution >= 0.6 is 22.9 Å². The molecule has 17 nitrogen and oxygen atoms in total. The molecule has 0 radical (unpaired) electrons. The first-order valence-corrected chi connectivity index (χ1v) is 37.6. The van der Waals surface area contributed by atoms with Gasteiger partial charge in [0, 0.05) is 28.6 Å². The third-order valence-electron chi connectivity index (χ3n) is 17.6. The van der Waals surface area contributed by atoms with Crippen LogP contribution in [0.2, 0.25) is 23.2 Å². The first-order chi connectivity index (χ1) is 46.6. The molecule has 0 aliphatic heterocycles. The number of halogens is 1. The van der Waals surface area contributed by atoms with Crippen molar-refractivity contribution in [2.75, 3.05) is 41.2 Å². The van der Waals surface area contributed by atoms with Gasteiger partial charge in [0.15, 0.2) is 5.82 Å². The Morgan fingerprint density at radius 1 is 0.701 bits per heavy atom. The summed E-state index contributed by atoms with van der Waals surface area (Å²) in [5.41, 5.74) is 6.00. The van der Waals surface area contributed by atoms with Gasteiger partial charge in [-0.25, -0.2) is 24.7 Å². The molecule has 21 heteroatoms. The molecule has 0 amide bonds. The molecule has 3 aromatic heterocycles. The average molecular weight is 1380 g/mol. The lowest BCUT2D eigenvalue weighted by Gasteiger charge is -2.37. The van der Waals surface area contributed by atoms with E-state index in [4.69, 9.17) is 73.1 Å². The molecule has 97 heavy (non-hydrogen) atoms. The van der Waals surface area contributed by atoms with Gasteiger partial charge in [0.05, 0.1) is 61.1 Å². The second-order valence-corrected chi connectivity index (χ2v) is 32.9. The van der Waals surface area contributed by atoms with Crippen LogP contribution in [-0.2, 0) is 47.2 Å². The van der Waals surface area contributed by atoms with E-state index in [1.807, 2.05) is 141 Å². The molecule has 0 spiro atoms. The van der Waals surface area contributed by atoms with Gasteiger partial charge in [-0.05, 0) is 164 Å². The molecule has 1 saturated carbocycles. The Bertz CT molecular complexity index is 4460. The second kappa shape index (κ2) is 29.8. The molecule has 11 rings (SSSR count). The number of aromatic nitrogens is 4. The summed E-state index contributed by atoms with van der Waals surface area (Å²) in [7, 11) is -1.87. The molecule has 7 aromatic carbocycles. The molecular weight excluding hydrogens is 1300 g/mol. The molecule has 10 aromatic rings. The highest BCUT2D eigenvalue weighted by Crippen LogP contribution is 2.54. The van der Waals surface area contributed by atoms with Crippen LogP contribution in [0.15, 0.2) is 181 Å². The molecule has 1 aliphatic rings. The summed E-state index contributed by atoms with van der Waals surface area (Å²) in [6.07, 6.45) is 2.65. The molecule has 1 aliphatic carbocycles. The third kappa shape index (κ3) is 15.6. The number of fused-ring (bicyclic) bond motifs is 1. The van der Waals surface area contributed by atoms with Crippen LogP contribution in [0.25, 0.3) is 32.7 Å². The van der Waals surface area contributed by atoms with Crippen LogP contribution < -0.4 is 32.8 Å². The summed E-state index contributed by atoms with van der Waals surface area (Å²) in [4.78, 5) is 35.2. The largest absolute Gasteiger partial charge is 0.543 e. The Labute approximate surface area is 577 Å². The predicted molar refractivity (Wildman–Crippen MR) is 379 cm³/mol. The summed E-state index contributed by atoms with van der Waals surface area (Å²) in [5, 5.41) is 0.719. The van der Waals surface area contributed by atoms with E-state index in [0.29, 0.717) is 61.6 Å². The lowest BCUT2D eigenvalue weighted by molar-refractivity contribution is -0.151. The van der Waals surface area contributed by atoms with Crippen molar-refractivity contribution in [3.05, 3.63) is 225 Å². The Balaban J connectivity index is 0.955. The zero-order valence-corrected chi connectivity index (χ0v) is 59.6. The van der Waals surface area contributed by atoms with Crippen LogP contribution in [0.5, 0.6) is 40.4 Å². The molecule has 0 bridgehead atoms. The van der Waals surface area contributed by atoms with Crippen LogP contribution in [0.1, 0.15) is 90.4 Å². The van der Waals surface area contributed by atoms with E-state index in [1.54, 1.807) is 58.7 Å². The molecular formula is C76H79ClN4O13S2Si. The molecule has 3 heterocycles. The molecule has 504 valence electrons. The Morgan fingerprint density at radius 2 is 1.35 bits per heavy atom. The topological polar surface area (TPSA) is 195 Å². The van der Waals surface area contributed by atoms with Crippen molar-refractivity contribution in [3.8, 4) is 62.9 Å². The number of ether oxygens (including phenoxy) is 8. The Kier molecular flexibility index (Phi) is 21.4. The maximum atomic E-state index is 14.5. The number of aryl methyl sites for hydroxylation is 1. The zero-order valence-electron chi connectivity index (χ0n) is 56.2. The third-order valence-corrected chi connectivity index (χ3v) is 25.0. The first-order valence-electron chi connectivity index (χ1n) is 32.0. The Morgan fingerprint density at radius 3 is 2.00 bits per heavy atom. The number of hydrogen-bond donors (Lipinski definition) is 0. The molecule has 2 atom stereocenters. The molecule has 1 fully saturated rings. The fourth-order valence-electron chi connectivity index (χ4n) is 11.2. The van der Waals surface area contributed by atoms with E-state index in [1.165, 1.54) is 29.8 Å². The van der Waals surface area contributed by atoms with Crippen molar-refractivity contribution in [2.24, 2.45) is 0 Å². The van der Waals surface area contributed by atoms with E-state index in [2.05, 4.69) is 38.8 Å². The van der Waals surface area contributed by atoms with E-state index in [-0.39, 0.29) is 58.7 Å². The van der Waals surface area contributed by atoms with Gasteiger partial charge < -0.3 is 42.3 Å². The fraction of sp³-hybridized carbons (Fsp3) is 0.303. The quantitative estimate of drug-likeness (QED) is 0.0186. The Hall–Kier alpha value is -8.89. The summed E-state index contributed by atoms with van der Waals surface area (Å²) >= 11 is 9.13. The number of esters is 1. The van der Waals surface area contributed by atoms with Gasteiger partial charge in [-0.2, -0.15) is 8.42 Å². The van der Waals surface area contributed by atoms with Crippen molar-refractivity contribution >= 4 is 57.6 Å². The number of thiophene rings is 1. The van der Waals surface area contributed by atoms with Gasteiger partial charge in [0.25, 0.3) is 10.1 Å². The number of methoxy groups -OCH3 is 3. The lowest BCUT2D eigenvalue weighted by Crippen LogP contribution is -2.43. The molecule has 0 saturated heterocycles. The van der Waals surface area contributed by atoms with Gasteiger partial charge in [-0.15, -0.1) is 11.3 Å². The van der Waals surface area contributed by atoms with Gasteiger partial charge in [-0.1, -0.05) is 123 Å². The van der Waals surface area contributed by atoms with Crippen molar-refractivity contribution < 1.29 is 59.7 Å². The smallest absolute Gasteiger partial charge is 0.347 e. The van der Waals surface area contributed by atoms with E-state index in [9.17, 15) is 13.2 Å². The van der Waals surface area contributed by atoms with Crippen LogP contribution in [0.3, 0.4) is 0 Å². The lowest BCUT2D eigenvalue weighted by atomic mass is 9.80. The van der Waals surface area contributed by atoms with E-state index < -0.39 is 48.8 Å². The number of rotatable bonds is 29. The first kappa shape index (κ1) is 69.5. The fourth-order valence-corrected chi connectivity index (χ4v) is 14.6. The minimum absolute atomic E-state index is 0.00990. The predicted octanol–water partition coefficient (Wildman–Crippen LogP) is 16.7. The zero-order chi connectivity index (χ0) is 68.7. The number of benzene rings is 7. The van der Waals surface area contributed by atoms with Crippen LogP contribution in [-0.4, -0.2) is 96.0 Å². The van der Waals surface area contributed by atoms with Gasteiger partial charge in [0.2, 0.25) is 20.3 Å². The summed E-state index contributed by atoms with van der Waals surface area (Å²) in [5.74, 6) is 3.49. The maximum Gasteiger partial charge on any atom is 0.347 e. The minimum Gasteiger partial charge on any atom is -0.543 e. The number of para-hydroxylation sites is 1. The summed E-state index contributed by atoms with van der Waals surface area (Å²) < 4.78 is 91.3. The van der Waals surface area contributed by atoms with Crippen LogP contribution in [0.4, 0.5) is 0 Å². The average Bonchev–Trinajstić information content (AvgIpc) is 1.65. The summed E-state index contributed by atoms with van der Waals surface area (Å²) in [6.45, 7) is 15.9. The van der Waals surface area contributed by atoms with Gasteiger partial charge in [0.1, 0.15) is 70.6 Å². The normalized spacial score (nSPS) is 13.4.